The summed E-state index contributed by atoms with van der Waals surface area (Å²) in [6.45, 7) is 11.2. The summed E-state index contributed by atoms with van der Waals surface area (Å²) in [6.07, 6.45) is 2.83. The number of rotatable bonds is 2. The summed E-state index contributed by atoms with van der Waals surface area (Å²) in [5.41, 5.74) is 0.794. The smallest absolute Gasteiger partial charge is 0.126 e. The van der Waals surface area contributed by atoms with E-state index in [0.717, 1.165) is 11.6 Å². The summed E-state index contributed by atoms with van der Waals surface area (Å²) >= 11 is 0. The zero-order chi connectivity index (χ0) is 13.5. The Bertz CT molecular complexity index is 347. The SMILES string of the molecule is C.C.C.CC(C)N1CCCC1.CC(C)c1ccccc1F.[Y]. The van der Waals surface area contributed by atoms with Crippen LogP contribution in [-0.2, 0) is 32.7 Å². The van der Waals surface area contributed by atoms with E-state index in [2.05, 4.69) is 18.7 Å². The zero-order valence-corrected chi connectivity index (χ0v) is 15.5. The Hall–Kier alpha value is 0.214. The van der Waals surface area contributed by atoms with Crippen molar-refractivity contribution in [2.45, 2.75) is 74.8 Å². The number of nitrogens with zero attached hydrogens (tertiary/aromatic N) is 1. The Morgan fingerprint density at radius 2 is 1.36 bits per heavy atom. The number of benzene rings is 1. The van der Waals surface area contributed by atoms with Crippen LogP contribution in [0.15, 0.2) is 24.3 Å². The molecule has 0 aliphatic carbocycles. The Balaban J connectivity index is -0.000000126. The monoisotopic (exact) mass is 388 g/mol. The predicted molar refractivity (Wildman–Crippen MR) is 96.6 cm³/mol. The van der Waals surface area contributed by atoms with Crippen molar-refractivity contribution >= 4 is 0 Å². The van der Waals surface area contributed by atoms with E-state index < -0.39 is 0 Å². The fourth-order valence-electron chi connectivity index (χ4n) is 2.20. The van der Waals surface area contributed by atoms with Gasteiger partial charge in [-0.05, 0) is 57.3 Å². The van der Waals surface area contributed by atoms with Gasteiger partial charge in [-0.3, -0.25) is 0 Å². The second-order valence-corrected chi connectivity index (χ2v) is 5.51. The Morgan fingerprint density at radius 3 is 1.64 bits per heavy atom. The summed E-state index contributed by atoms with van der Waals surface area (Å²) in [7, 11) is 0. The molecule has 0 bridgehead atoms. The molecule has 1 fully saturated rings. The quantitative estimate of drug-likeness (QED) is 0.571. The molecule has 129 valence electrons. The number of halogens is 1. The van der Waals surface area contributed by atoms with E-state index in [1.807, 2.05) is 26.0 Å². The molecule has 1 nitrogen and oxygen atoms in total. The van der Waals surface area contributed by atoms with Crippen LogP contribution in [0.2, 0.25) is 0 Å². The molecule has 0 spiro atoms. The molecule has 1 aromatic carbocycles. The molecule has 1 aliphatic rings. The van der Waals surface area contributed by atoms with Crippen LogP contribution >= 0.6 is 0 Å². The van der Waals surface area contributed by atoms with Gasteiger partial charge in [0.15, 0.2) is 0 Å². The van der Waals surface area contributed by atoms with Crippen LogP contribution < -0.4 is 0 Å². The first-order chi connectivity index (χ1) is 8.52. The third kappa shape index (κ3) is 10.9. The third-order valence-corrected chi connectivity index (χ3v) is 3.40. The first-order valence-corrected chi connectivity index (χ1v) is 7.01. The van der Waals surface area contributed by atoms with E-state index in [1.165, 1.54) is 32.0 Å². The minimum atomic E-state index is -0.0995. The van der Waals surface area contributed by atoms with E-state index in [0.29, 0.717) is 0 Å². The van der Waals surface area contributed by atoms with Gasteiger partial charge in [-0.2, -0.15) is 0 Å². The van der Waals surface area contributed by atoms with Gasteiger partial charge in [-0.25, -0.2) is 4.39 Å². The van der Waals surface area contributed by atoms with Gasteiger partial charge in [0.25, 0.3) is 0 Å². The summed E-state index contributed by atoms with van der Waals surface area (Å²) in [5, 5.41) is 0. The molecule has 2 rings (SSSR count). The molecule has 1 aliphatic heterocycles. The summed E-state index contributed by atoms with van der Waals surface area (Å²) < 4.78 is 12.8. The molecule has 22 heavy (non-hydrogen) atoms. The molecule has 0 N–H and O–H groups in total. The van der Waals surface area contributed by atoms with Crippen molar-refractivity contribution in [3.63, 3.8) is 0 Å². The van der Waals surface area contributed by atoms with Crippen LogP contribution in [0.4, 0.5) is 4.39 Å². The second kappa shape index (κ2) is 16.1. The van der Waals surface area contributed by atoms with Gasteiger partial charge in [0.2, 0.25) is 0 Å². The minimum Gasteiger partial charge on any atom is -0.301 e. The molecule has 0 saturated carbocycles. The molecular formula is C19H38FNY. The van der Waals surface area contributed by atoms with E-state index in [9.17, 15) is 4.39 Å². The van der Waals surface area contributed by atoms with Crippen molar-refractivity contribution in [2.75, 3.05) is 13.1 Å². The van der Waals surface area contributed by atoms with Crippen molar-refractivity contribution in [3.05, 3.63) is 35.6 Å². The van der Waals surface area contributed by atoms with Crippen LogP contribution in [-0.4, -0.2) is 24.0 Å². The van der Waals surface area contributed by atoms with E-state index in [4.69, 9.17) is 0 Å². The van der Waals surface area contributed by atoms with Gasteiger partial charge in [0.1, 0.15) is 5.82 Å². The molecule has 0 amide bonds. The maximum atomic E-state index is 12.8. The average Bonchev–Trinajstić information content (AvgIpc) is 2.83. The minimum absolute atomic E-state index is 0. The van der Waals surface area contributed by atoms with E-state index in [1.54, 1.807) is 6.07 Å². The van der Waals surface area contributed by atoms with Gasteiger partial charge in [0.05, 0.1) is 0 Å². The number of likely N-dealkylation sites (tertiary alicyclic amines) is 1. The van der Waals surface area contributed by atoms with Crippen molar-refractivity contribution < 1.29 is 37.1 Å². The fraction of sp³-hybridized carbons (Fsp3) is 0.684. The van der Waals surface area contributed by atoms with Crippen molar-refractivity contribution in [2.24, 2.45) is 0 Å². The summed E-state index contributed by atoms with van der Waals surface area (Å²) in [4.78, 5) is 2.53. The largest absolute Gasteiger partial charge is 0.301 e. The molecular weight excluding hydrogens is 350 g/mol. The van der Waals surface area contributed by atoms with E-state index in [-0.39, 0.29) is 66.7 Å². The van der Waals surface area contributed by atoms with Crippen LogP contribution in [0.25, 0.3) is 0 Å². The van der Waals surface area contributed by atoms with Gasteiger partial charge in [-0.15, -0.1) is 0 Å². The van der Waals surface area contributed by atoms with Gasteiger partial charge < -0.3 is 4.90 Å². The molecule has 0 aromatic heterocycles. The molecule has 0 unspecified atom stereocenters. The maximum Gasteiger partial charge on any atom is 0.126 e. The van der Waals surface area contributed by atoms with E-state index >= 15 is 0 Å². The predicted octanol–water partition coefficient (Wildman–Crippen LogP) is 6.35. The van der Waals surface area contributed by atoms with Crippen LogP contribution in [0.3, 0.4) is 0 Å². The van der Waals surface area contributed by atoms with Crippen LogP contribution in [0, 0.1) is 5.82 Å². The second-order valence-electron chi connectivity index (χ2n) is 5.51. The third-order valence-electron chi connectivity index (χ3n) is 3.40. The van der Waals surface area contributed by atoms with Gasteiger partial charge in [-0.1, -0.05) is 54.3 Å². The van der Waals surface area contributed by atoms with Crippen molar-refractivity contribution in [1.82, 2.24) is 4.90 Å². The van der Waals surface area contributed by atoms with Crippen LogP contribution in [0.5, 0.6) is 0 Å². The first-order valence-electron chi connectivity index (χ1n) is 7.01. The van der Waals surface area contributed by atoms with Crippen LogP contribution in [0.1, 0.15) is 74.3 Å². The normalized spacial score (nSPS) is 13.0. The summed E-state index contributed by atoms with van der Waals surface area (Å²) in [6, 6.07) is 7.66. The Morgan fingerprint density at radius 1 is 0.909 bits per heavy atom. The maximum absolute atomic E-state index is 12.8. The standard InChI is InChI=1S/C9H11F.C7H15N.3CH4.Y/c1-7(2)8-5-3-4-6-9(8)10;1-7(2)8-5-3-4-6-8;;;;/h3-7H,1-2H3;7H,3-6H2,1-2H3;3*1H4;. The first kappa shape index (κ1) is 30.1. The van der Waals surface area contributed by atoms with Gasteiger partial charge >= 0.3 is 0 Å². The fourth-order valence-corrected chi connectivity index (χ4v) is 2.20. The Labute approximate surface area is 165 Å². The molecule has 0 atom stereocenters. The van der Waals surface area contributed by atoms with Crippen molar-refractivity contribution in [1.29, 1.82) is 0 Å². The molecule has 1 aromatic rings. The molecule has 1 heterocycles. The summed E-state index contributed by atoms with van der Waals surface area (Å²) in [5.74, 6) is 0.179. The van der Waals surface area contributed by atoms with Gasteiger partial charge in [0, 0.05) is 38.8 Å². The topological polar surface area (TPSA) is 3.24 Å². The molecule has 1 radical (unpaired) electrons. The molecule has 1 saturated heterocycles. The number of hydrogen-bond acceptors (Lipinski definition) is 1. The average molecular weight is 388 g/mol. The molecule has 3 heteroatoms. The number of hydrogen-bond donors (Lipinski definition) is 0. The zero-order valence-electron chi connectivity index (χ0n) is 12.7. The Kier molecular flexibility index (Phi) is 22.0. The van der Waals surface area contributed by atoms with Crippen molar-refractivity contribution in [3.8, 4) is 0 Å².